The summed E-state index contributed by atoms with van der Waals surface area (Å²) >= 11 is 1.62. The van der Waals surface area contributed by atoms with Gasteiger partial charge in [0.05, 0.1) is 17.8 Å². The summed E-state index contributed by atoms with van der Waals surface area (Å²) in [7, 11) is 2.03. The molecule has 24 heavy (non-hydrogen) atoms. The Morgan fingerprint density at radius 3 is 2.79 bits per heavy atom. The molecule has 0 bridgehead atoms. The lowest BCUT2D eigenvalue weighted by atomic mass is 9.92. The van der Waals surface area contributed by atoms with E-state index >= 15 is 0 Å². The van der Waals surface area contributed by atoms with Gasteiger partial charge in [0.15, 0.2) is 0 Å². The van der Waals surface area contributed by atoms with Crippen LogP contribution in [0.15, 0.2) is 16.8 Å². The summed E-state index contributed by atoms with van der Waals surface area (Å²) < 4.78 is 0. The summed E-state index contributed by atoms with van der Waals surface area (Å²) in [5.74, 6) is 0.738. The highest BCUT2D eigenvalue weighted by atomic mass is 32.1. The van der Waals surface area contributed by atoms with E-state index in [1.165, 1.54) is 12.8 Å². The smallest absolute Gasteiger partial charge is 0.241 e. The van der Waals surface area contributed by atoms with E-state index in [0.29, 0.717) is 19.0 Å². The Bertz CT molecular complexity index is 626. The minimum atomic E-state index is -0.0931. The van der Waals surface area contributed by atoms with Gasteiger partial charge in [0.1, 0.15) is 0 Å². The quantitative estimate of drug-likeness (QED) is 0.824. The normalized spacial score (nSPS) is 29.1. The Labute approximate surface area is 147 Å². The lowest BCUT2D eigenvalue weighted by Gasteiger charge is -2.46. The van der Waals surface area contributed by atoms with Crippen molar-refractivity contribution in [2.24, 2.45) is 5.92 Å². The summed E-state index contributed by atoms with van der Waals surface area (Å²) in [4.78, 5) is 31.4. The van der Waals surface area contributed by atoms with E-state index in [9.17, 15) is 9.59 Å². The molecular formula is C18H25N3O2S. The van der Waals surface area contributed by atoms with Crippen molar-refractivity contribution in [1.82, 2.24) is 9.80 Å². The zero-order valence-corrected chi connectivity index (χ0v) is 15.1. The number of likely N-dealkylation sites (tertiary alicyclic amines) is 1. The van der Waals surface area contributed by atoms with Gasteiger partial charge < -0.3 is 9.80 Å². The van der Waals surface area contributed by atoms with E-state index < -0.39 is 0 Å². The van der Waals surface area contributed by atoms with E-state index in [-0.39, 0.29) is 17.4 Å². The number of piperazine rings is 1. The summed E-state index contributed by atoms with van der Waals surface area (Å²) in [6.07, 6.45) is 5.44. The van der Waals surface area contributed by atoms with Crippen molar-refractivity contribution >= 4 is 28.8 Å². The van der Waals surface area contributed by atoms with Crippen molar-refractivity contribution in [1.29, 1.82) is 0 Å². The number of hydrogen-bond acceptors (Lipinski definition) is 4. The van der Waals surface area contributed by atoms with Gasteiger partial charge in [0.25, 0.3) is 0 Å². The topological polar surface area (TPSA) is 43.9 Å². The maximum absolute atomic E-state index is 12.8. The Kier molecular flexibility index (Phi) is 4.12. The SMILES string of the molecule is CN1CC(=O)N(c2ccsc2)C[C@]12CCN(C(=O)C1CCCC1)C2. The first-order valence-corrected chi connectivity index (χ1v) is 9.86. The van der Waals surface area contributed by atoms with E-state index in [2.05, 4.69) is 9.80 Å². The Hall–Kier alpha value is -1.40. The van der Waals surface area contributed by atoms with Gasteiger partial charge in [-0.2, -0.15) is 11.3 Å². The second-order valence-electron chi connectivity index (χ2n) is 7.53. The van der Waals surface area contributed by atoms with Crippen molar-refractivity contribution in [3.05, 3.63) is 16.8 Å². The average Bonchev–Trinajstić information content (AvgIpc) is 3.32. The third-order valence-corrected chi connectivity index (χ3v) is 6.77. The van der Waals surface area contributed by atoms with Crippen molar-refractivity contribution in [2.45, 2.75) is 37.6 Å². The molecule has 0 aromatic carbocycles. The average molecular weight is 347 g/mol. The van der Waals surface area contributed by atoms with Crippen LogP contribution in [0.2, 0.25) is 0 Å². The standard InChI is InChI=1S/C18H25N3O2S/c1-19-10-16(22)21(15-6-9-24-11-15)13-18(19)7-8-20(12-18)17(23)14-4-2-3-5-14/h6,9,11,14H,2-5,7-8,10,12-13H2,1H3/t18-/m1/s1. The predicted molar refractivity (Wildman–Crippen MR) is 95.2 cm³/mol. The fourth-order valence-electron chi connectivity index (χ4n) is 4.52. The molecular weight excluding hydrogens is 322 g/mol. The number of hydrogen-bond donors (Lipinski definition) is 0. The van der Waals surface area contributed by atoms with Gasteiger partial charge in [-0.1, -0.05) is 12.8 Å². The summed E-state index contributed by atoms with van der Waals surface area (Å²) in [5.41, 5.74) is 0.905. The Balaban J connectivity index is 1.51. The maximum atomic E-state index is 12.8. The molecule has 1 aromatic heterocycles. The van der Waals surface area contributed by atoms with Gasteiger partial charge in [0, 0.05) is 30.9 Å². The van der Waals surface area contributed by atoms with Crippen molar-refractivity contribution < 1.29 is 9.59 Å². The molecule has 1 atom stereocenters. The summed E-state index contributed by atoms with van der Waals surface area (Å²) in [6, 6.07) is 2.01. The molecule has 0 unspecified atom stereocenters. The summed E-state index contributed by atoms with van der Waals surface area (Å²) in [5, 5.41) is 4.05. The van der Waals surface area contributed by atoms with Crippen LogP contribution in [-0.4, -0.2) is 60.4 Å². The van der Waals surface area contributed by atoms with Crippen LogP contribution in [0, 0.1) is 5.92 Å². The monoisotopic (exact) mass is 347 g/mol. The first-order chi connectivity index (χ1) is 11.6. The van der Waals surface area contributed by atoms with Crippen LogP contribution >= 0.6 is 11.3 Å². The van der Waals surface area contributed by atoms with Gasteiger partial charge in [-0.25, -0.2) is 0 Å². The minimum Gasteiger partial charge on any atom is -0.340 e. The number of thiophene rings is 1. The van der Waals surface area contributed by atoms with E-state index in [0.717, 1.165) is 38.0 Å². The van der Waals surface area contributed by atoms with Crippen LogP contribution in [0.1, 0.15) is 32.1 Å². The minimum absolute atomic E-state index is 0.0931. The molecule has 1 aromatic rings. The van der Waals surface area contributed by atoms with Crippen LogP contribution in [-0.2, 0) is 9.59 Å². The molecule has 1 saturated carbocycles. The Morgan fingerprint density at radius 1 is 1.29 bits per heavy atom. The van der Waals surface area contributed by atoms with Crippen LogP contribution in [0.25, 0.3) is 0 Å². The van der Waals surface area contributed by atoms with Gasteiger partial charge in [-0.3, -0.25) is 14.5 Å². The highest BCUT2D eigenvalue weighted by molar-refractivity contribution is 7.08. The second-order valence-corrected chi connectivity index (χ2v) is 8.31. The molecule has 6 heteroatoms. The number of rotatable bonds is 2. The molecule has 130 valence electrons. The number of likely N-dealkylation sites (N-methyl/N-ethyl adjacent to an activating group) is 1. The molecule has 5 nitrogen and oxygen atoms in total. The van der Waals surface area contributed by atoms with Crippen LogP contribution < -0.4 is 4.90 Å². The van der Waals surface area contributed by atoms with Crippen LogP contribution in [0.3, 0.4) is 0 Å². The molecule has 3 heterocycles. The molecule has 0 radical (unpaired) electrons. The number of nitrogens with zero attached hydrogens (tertiary/aromatic N) is 3. The largest absolute Gasteiger partial charge is 0.340 e. The van der Waals surface area contributed by atoms with Crippen molar-refractivity contribution in [3.63, 3.8) is 0 Å². The maximum Gasteiger partial charge on any atom is 0.241 e. The van der Waals surface area contributed by atoms with Crippen molar-refractivity contribution in [3.8, 4) is 0 Å². The van der Waals surface area contributed by atoms with Gasteiger partial charge in [0.2, 0.25) is 11.8 Å². The first kappa shape index (κ1) is 16.1. The molecule has 3 aliphatic rings. The molecule has 2 aliphatic heterocycles. The van der Waals surface area contributed by atoms with E-state index in [1.807, 2.05) is 28.8 Å². The van der Waals surface area contributed by atoms with E-state index in [4.69, 9.17) is 0 Å². The molecule has 1 spiro atoms. The highest BCUT2D eigenvalue weighted by Gasteiger charge is 2.49. The fourth-order valence-corrected chi connectivity index (χ4v) is 5.16. The van der Waals surface area contributed by atoms with Gasteiger partial charge in [-0.05, 0) is 37.8 Å². The Morgan fingerprint density at radius 2 is 2.08 bits per heavy atom. The lowest BCUT2D eigenvalue weighted by molar-refractivity contribution is -0.134. The first-order valence-electron chi connectivity index (χ1n) is 8.92. The fraction of sp³-hybridized carbons (Fsp3) is 0.667. The number of anilines is 1. The number of carbonyl (C=O) groups excluding carboxylic acids is 2. The number of amides is 2. The highest BCUT2D eigenvalue weighted by Crippen LogP contribution is 2.36. The number of carbonyl (C=O) groups is 2. The molecule has 0 N–H and O–H groups in total. The van der Waals surface area contributed by atoms with Gasteiger partial charge in [-0.15, -0.1) is 0 Å². The predicted octanol–water partition coefficient (Wildman–Crippen LogP) is 2.19. The molecule has 1 aliphatic carbocycles. The van der Waals surface area contributed by atoms with Crippen LogP contribution in [0.4, 0.5) is 5.69 Å². The zero-order chi connectivity index (χ0) is 16.7. The van der Waals surface area contributed by atoms with Gasteiger partial charge >= 0.3 is 0 Å². The van der Waals surface area contributed by atoms with E-state index in [1.54, 1.807) is 11.3 Å². The second kappa shape index (κ2) is 6.15. The van der Waals surface area contributed by atoms with Crippen LogP contribution in [0.5, 0.6) is 0 Å². The zero-order valence-electron chi connectivity index (χ0n) is 14.2. The molecule has 4 rings (SSSR count). The lowest BCUT2D eigenvalue weighted by Crippen LogP contribution is -2.64. The molecule has 2 amide bonds. The third kappa shape index (κ3) is 2.65. The molecule has 2 saturated heterocycles. The summed E-state index contributed by atoms with van der Waals surface area (Å²) in [6.45, 7) is 2.70. The molecule has 3 fully saturated rings. The third-order valence-electron chi connectivity index (χ3n) is 6.10. The van der Waals surface area contributed by atoms with Crippen molar-refractivity contribution in [2.75, 3.05) is 38.1 Å².